The lowest BCUT2D eigenvalue weighted by atomic mass is 10.0. The van der Waals surface area contributed by atoms with Gasteiger partial charge in [0.05, 0.1) is 35.6 Å². The molecule has 2 aromatic carbocycles. The van der Waals surface area contributed by atoms with E-state index in [2.05, 4.69) is 26.3 Å². The van der Waals surface area contributed by atoms with Gasteiger partial charge < -0.3 is 10.1 Å². The monoisotopic (exact) mass is 404 g/mol. The van der Waals surface area contributed by atoms with Gasteiger partial charge >= 0.3 is 0 Å². The molecule has 30 heavy (non-hydrogen) atoms. The Morgan fingerprint density at radius 2 is 1.77 bits per heavy atom. The van der Waals surface area contributed by atoms with E-state index < -0.39 is 0 Å². The van der Waals surface area contributed by atoms with E-state index in [1.165, 1.54) is 12.8 Å². The molecule has 0 radical (unpaired) electrons. The summed E-state index contributed by atoms with van der Waals surface area (Å²) in [6.45, 7) is 6.46. The van der Waals surface area contributed by atoms with Crippen molar-refractivity contribution in [2.24, 2.45) is 0 Å². The van der Waals surface area contributed by atoms with E-state index in [0.29, 0.717) is 12.1 Å². The number of aromatic nitrogens is 2. The Balaban J connectivity index is 1.55. The molecule has 3 aromatic rings. The molecule has 156 valence electrons. The molecule has 1 atom stereocenters. The van der Waals surface area contributed by atoms with Crippen molar-refractivity contribution in [1.82, 2.24) is 20.2 Å². The van der Waals surface area contributed by atoms with Crippen LogP contribution in [0.1, 0.15) is 46.2 Å². The molecule has 0 bridgehead atoms. The zero-order chi connectivity index (χ0) is 21.1. The fourth-order valence-electron chi connectivity index (χ4n) is 4.09. The van der Waals surface area contributed by atoms with Crippen molar-refractivity contribution in [2.75, 3.05) is 26.7 Å². The first kappa shape index (κ1) is 20.3. The number of hydrogen-bond acceptors (Lipinski definition) is 5. The number of para-hydroxylation sites is 1. The number of ether oxygens (including phenoxy) is 1. The van der Waals surface area contributed by atoms with E-state index in [0.717, 1.165) is 46.8 Å². The number of aryl methyl sites for hydroxylation is 2. The molecule has 1 fully saturated rings. The Morgan fingerprint density at radius 1 is 1.07 bits per heavy atom. The average Bonchev–Trinajstić information content (AvgIpc) is 3.29. The molecule has 0 spiro atoms. The van der Waals surface area contributed by atoms with Crippen LogP contribution in [0.3, 0.4) is 0 Å². The zero-order valence-corrected chi connectivity index (χ0v) is 17.8. The maximum Gasteiger partial charge on any atom is 0.251 e. The lowest BCUT2D eigenvalue weighted by molar-refractivity contribution is 0.0937. The van der Waals surface area contributed by atoms with Crippen LogP contribution in [0, 0.1) is 13.8 Å². The summed E-state index contributed by atoms with van der Waals surface area (Å²) in [5.74, 6) is 0.756. The van der Waals surface area contributed by atoms with Crippen LogP contribution in [0.4, 0.5) is 0 Å². The molecule has 6 heteroatoms. The maximum atomic E-state index is 12.9. The Morgan fingerprint density at radius 3 is 2.50 bits per heavy atom. The van der Waals surface area contributed by atoms with E-state index in [-0.39, 0.29) is 11.9 Å². The molecular weight excluding hydrogens is 376 g/mol. The second-order valence-electron chi connectivity index (χ2n) is 7.81. The summed E-state index contributed by atoms with van der Waals surface area (Å²) in [7, 11) is 1.69. The molecule has 1 amide bonds. The van der Waals surface area contributed by atoms with Crippen LogP contribution >= 0.6 is 0 Å². The van der Waals surface area contributed by atoms with Crippen molar-refractivity contribution in [3.8, 4) is 5.75 Å². The van der Waals surface area contributed by atoms with Crippen LogP contribution in [-0.2, 0) is 0 Å². The summed E-state index contributed by atoms with van der Waals surface area (Å²) in [6, 6.07) is 13.6. The first-order valence-corrected chi connectivity index (χ1v) is 10.5. The maximum absolute atomic E-state index is 12.9. The number of hydrogen-bond donors (Lipinski definition) is 1. The number of benzene rings is 2. The van der Waals surface area contributed by atoms with Gasteiger partial charge in [-0.15, -0.1) is 0 Å². The highest BCUT2D eigenvalue weighted by Gasteiger charge is 2.26. The highest BCUT2D eigenvalue weighted by atomic mass is 16.5. The van der Waals surface area contributed by atoms with Crippen molar-refractivity contribution in [3.63, 3.8) is 0 Å². The first-order chi connectivity index (χ1) is 14.6. The fourth-order valence-corrected chi connectivity index (χ4v) is 4.09. The number of nitrogens with one attached hydrogen (secondary N) is 1. The molecule has 1 aliphatic rings. The number of carbonyl (C=O) groups excluding carboxylic acids is 1. The normalized spacial score (nSPS) is 15.3. The second-order valence-corrected chi connectivity index (χ2v) is 7.81. The van der Waals surface area contributed by atoms with Gasteiger partial charge in [0.15, 0.2) is 0 Å². The third-order valence-electron chi connectivity index (χ3n) is 5.87. The summed E-state index contributed by atoms with van der Waals surface area (Å²) < 4.78 is 5.59. The van der Waals surface area contributed by atoms with Gasteiger partial charge in [0, 0.05) is 17.7 Å². The van der Waals surface area contributed by atoms with Crippen molar-refractivity contribution >= 4 is 16.9 Å². The SMILES string of the molecule is COc1ccccc1[C@@H](CNC(=O)c1ccc2nc(C)c(C)nc2c1)N1CCCC1. The summed E-state index contributed by atoms with van der Waals surface area (Å²) in [5, 5.41) is 3.13. The van der Waals surface area contributed by atoms with Gasteiger partial charge in [-0.05, 0) is 64.0 Å². The van der Waals surface area contributed by atoms with Crippen LogP contribution in [0.15, 0.2) is 42.5 Å². The molecule has 1 aliphatic heterocycles. The van der Waals surface area contributed by atoms with E-state index >= 15 is 0 Å². The third kappa shape index (κ3) is 4.14. The molecule has 0 saturated carbocycles. The summed E-state index contributed by atoms with van der Waals surface area (Å²) in [5.41, 5.74) is 5.04. The lowest BCUT2D eigenvalue weighted by Crippen LogP contribution is -2.37. The summed E-state index contributed by atoms with van der Waals surface area (Å²) in [4.78, 5) is 24.5. The Kier molecular flexibility index (Phi) is 5.95. The standard InChI is InChI=1S/C24H28N4O2/c1-16-17(2)27-21-14-18(10-11-20(21)26-16)24(29)25-15-22(28-12-6-7-13-28)19-8-4-5-9-23(19)30-3/h4-5,8-11,14,22H,6-7,12-13,15H2,1-3H3,(H,25,29)/t22-/m1/s1. The van der Waals surface area contributed by atoms with Crippen molar-refractivity contribution in [1.29, 1.82) is 0 Å². The third-order valence-corrected chi connectivity index (χ3v) is 5.87. The topological polar surface area (TPSA) is 67.3 Å². The highest BCUT2D eigenvalue weighted by Crippen LogP contribution is 2.31. The second kappa shape index (κ2) is 8.79. The number of rotatable bonds is 6. The minimum atomic E-state index is -0.101. The number of nitrogens with zero attached hydrogens (tertiary/aromatic N) is 3. The van der Waals surface area contributed by atoms with Gasteiger partial charge in [-0.3, -0.25) is 9.69 Å². The Hall–Kier alpha value is -2.99. The van der Waals surface area contributed by atoms with E-state index in [1.54, 1.807) is 7.11 Å². The zero-order valence-electron chi connectivity index (χ0n) is 17.8. The molecule has 1 aromatic heterocycles. The number of carbonyl (C=O) groups is 1. The minimum Gasteiger partial charge on any atom is -0.496 e. The first-order valence-electron chi connectivity index (χ1n) is 10.5. The van der Waals surface area contributed by atoms with Gasteiger partial charge in [0.2, 0.25) is 0 Å². The molecule has 2 heterocycles. The Labute approximate surface area is 177 Å². The highest BCUT2D eigenvalue weighted by molar-refractivity contribution is 5.97. The van der Waals surface area contributed by atoms with Crippen LogP contribution in [0.25, 0.3) is 11.0 Å². The predicted octanol–water partition coefficient (Wildman–Crippen LogP) is 3.82. The van der Waals surface area contributed by atoms with Crippen molar-refractivity contribution in [3.05, 3.63) is 65.0 Å². The van der Waals surface area contributed by atoms with E-state index in [9.17, 15) is 4.79 Å². The van der Waals surface area contributed by atoms with Crippen molar-refractivity contribution in [2.45, 2.75) is 32.7 Å². The largest absolute Gasteiger partial charge is 0.496 e. The number of amides is 1. The minimum absolute atomic E-state index is 0.0812. The quantitative estimate of drug-likeness (QED) is 0.676. The van der Waals surface area contributed by atoms with E-state index in [1.807, 2.05) is 50.2 Å². The van der Waals surface area contributed by atoms with Gasteiger partial charge in [-0.25, -0.2) is 9.97 Å². The van der Waals surface area contributed by atoms with Gasteiger partial charge in [0.25, 0.3) is 5.91 Å². The smallest absolute Gasteiger partial charge is 0.251 e. The molecule has 1 saturated heterocycles. The summed E-state index contributed by atoms with van der Waals surface area (Å²) in [6.07, 6.45) is 2.36. The van der Waals surface area contributed by atoms with Crippen LogP contribution in [-0.4, -0.2) is 47.5 Å². The summed E-state index contributed by atoms with van der Waals surface area (Å²) >= 11 is 0. The fraction of sp³-hybridized carbons (Fsp3) is 0.375. The van der Waals surface area contributed by atoms with Crippen LogP contribution in [0.5, 0.6) is 5.75 Å². The van der Waals surface area contributed by atoms with Gasteiger partial charge in [-0.2, -0.15) is 0 Å². The van der Waals surface area contributed by atoms with Gasteiger partial charge in [0.1, 0.15) is 5.75 Å². The molecule has 0 unspecified atom stereocenters. The number of likely N-dealkylation sites (tertiary alicyclic amines) is 1. The van der Waals surface area contributed by atoms with Crippen molar-refractivity contribution < 1.29 is 9.53 Å². The molecule has 6 nitrogen and oxygen atoms in total. The molecular formula is C24H28N4O2. The predicted molar refractivity (Wildman–Crippen MR) is 118 cm³/mol. The van der Waals surface area contributed by atoms with E-state index in [4.69, 9.17) is 4.74 Å². The Bertz CT molecular complexity index is 1060. The van der Waals surface area contributed by atoms with Crippen LogP contribution in [0.2, 0.25) is 0 Å². The van der Waals surface area contributed by atoms with Crippen LogP contribution < -0.4 is 10.1 Å². The molecule has 4 rings (SSSR count). The number of fused-ring (bicyclic) bond motifs is 1. The molecule has 0 aliphatic carbocycles. The molecule has 1 N–H and O–H groups in total. The number of methoxy groups -OCH3 is 1. The average molecular weight is 405 g/mol. The van der Waals surface area contributed by atoms with Gasteiger partial charge in [-0.1, -0.05) is 18.2 Å². The lowest BCUT2D eigenvalue weighted by Gasteiger charge is -2.29.